The normalized spacial score (nSPS) is 15.7. The number of nitrogens with zero attached hydrogens (tertiary/aromatic N) is 1. The van der Waals surface area contributed by atoms with Gasteiger partial charge in [0.2, 0.25) is 5.88 Å². The number of carboxylic acid groups (broad SMARTS) is 1. The van der Waals surface area contributed by atoms with E-state index < -0.39 is 24.1 Å². The third-order valence-corrected chi connectivity index (χ3v) is 4.09. The number of anilines is 1. The van der Waals surface area contributed by atoms with Crippen molar-refractivity contribution >= 4 is 40.9 Å². The van der Waals surface area contributed by atoms with Crippen LogP contribution in [0, 0.1) is 0 Å². The smallest absolute Gasteiger partial charge is 0.335 e. The lowest BCUT2D eigenvalue weighted by Crippen LogP contribution is -2.49. The lowest BCUT2D eigenvalue weighted by Gasteiger charge is -2.36. The minimum atomic E-state index is -1.26. The van der Waals surface area contributed by atoms with E-state index >= 15 is 0 Å². The van der Waals surface area contributed by atoms with Crippen molar-refractivity contribution in [3.63, 3.8) is 0 Å². The molecule has 1 aromatic heterocycles. The van der Waals surface area contributed by atoms with E-state index in [0.29, 0.717) is 12.8 Å². The van der Waals surface area contributed by atoms with Crippen LogP contribution in [0.1, 0.15) is 33.1 Å². The van der Waals surface area contributed by atoms with E-state index in [1.807, 2.05) is 13.8 Å². The molecule has 0 spiro atoms. The Labute approximate surface area is 149 Å². The molecule has 1 aliphatic rings. The number of halogens is 2. The number of aliphatic carboxylic acids is 1. The fourth-order valence-corrected chi connectivity index (χ4v) is 2.58. The molecule has 0 saturated heterocycles. The molecule has 1 saturated carbocycles. The third kappa shape index (κ3) is 4.28. The SMILES string of the molecule is CC(C)Oc1nc(NC(=O)COC2(C(=O)O)CCC2)c(Cl)cc1Cl. The second kappa shape index (κ2) is 7.55. The van der Waals surface area contributed by atoms with Crippen LogP contribution in [-0.4, -0.2) is 40.3 Å². The molecule has 1 amide bonds. The minimum absolute atomic E-state index is 0.0725. The van der Waals surface area contributed by atoms with Gasteiger partial charge in [0.05, 0.1) is 11.1 Å². The standard InChI is InChI=1S/C15H18Cl2N2O5/c1-8(2)24-13-10(17)6-9(16)12(19-13)18-11(20)7-23-15(14(21)22)4-3-5-15/h6,8H,3-5,7H2,1-2H3,(H,21,22)(H,18,19,20). The molecule has 0 bridgehead atoms. The summed E-state index contributed by atoms with van der Waals surface area (Å²) in [7, 11) is 0. The summed E-state index contributed by atoms with van der Waals surface area (Å²) in [5.41, 5.74) is -1.26. The van der Waals surface area contributed by atoms with E-state index in [4.69, 9.17) is 37.8 Å². The van der Waals surface area contributed by atoms with Gasteiger partial charge in [0.25, 0.3) is 5.91 Å². The van der Waals surface area contributed by atoms with Crippen LogP contribution in [0.4, 0.5) is 5.82 Å². The number of hydrogen-bond acceptors (Lipinski definition) is 5. The summed E-state index contributed by atoms with van der Waals surface area (Å²) in [6.07, 6.45) is 1.38. The van der Waals surface area contributed by atoms with Crippen molar-refractivity contribution in [3.05, 3.63) is 16.1 Å². The molecule has 0 unspecified atom stereocenters. The zero-order chi connectivity index (χ0) is 17.9. The molecule has 0 radical (unpaired) electrons. The summed E-state index contributed by atoms with van der Waals surface area (Å²) in [6, 6.07) is 1.41. The molecule has 0 aliphatic heterocycles. The first kappa shape index (κ1) is 18.8. The molecule has 9 heteroatoms. The maximum Gasteiger partial charge on any atom is 0.335 e. The van der Waals surface area contributed by atoms with Gasteiger partial charge < -0.3 is 19.9 Å². The summed E-state index contributed by atoms with van der Waals surface area (Å²) in [5.74, 6) is -1.40. The van der Waals surface area contributed by atoms with Crippen LogP contribution in [0.3, 0.4) is 0 Å². The van der Waals surface area contributed by atoms with Crippen molar-refractivity contribution in [2.45, 2.75) is 44.8 Å². The molecule has 1 aromatic rings. The molecule has 2 N–H and O–H groups in total. The molecule has 1 fully saturated rings. The summed E-state index contributed by atoms with van der Waals surface area (Å²) in [6.45, 7) is 3.21. The van der Waals surface area contributed by atoms with Crippen molar-refractivity contribution in [1.82, 2.24) is 4.98 Å². The molecular formula is C15H18Cl2N2O5. The number of rotatable bonds is 7. The molecule has 1 aliphatic carbocycles. The van der Waals surface area contributed by atoms with Crippen molar-refractivity contribution in [2.24, 2.45) is 0 Å². The number of pyridine rings is 1. The predicted octanol–water partition coefficient (Wildman–Crippen LogP) is 3.14. The fraction of sp³-hybridized carbons (Fsp3) is 0.533. The van der Waals surface area contributed by atoms with Crippen LogP contribution in [0.25, 0.3) is 0 Å². The van der Waals surface area contributed by atoms with Gasteiger partial charge in [0.15, 0.2) is 11.4 Å². The van der Waals surface area contributed by atoms with Crippen LogP contribution >= 0.6 is 23.2 Å². The molecule has 1 heterocycles. The quantitative estimate of drug-likeness (QED) is 0.758. The van der Waals surface area contributed by atoms with E-state index in [0.717, 1.165) is 6.42 Å². The Morgan fingerprint density at radius 2 is 2.04 bits per heavy atom. The maximum atomic E-state index is 12.0. The summed E-state index contributed by atoms with van der Waals surface area (Å²) in [4.78, 5) is 27.3. The Morgan fingerprint density at radius 1 is 1.38 bits per heavy atom. The van der Waals surface area contributed by atoms with E-state index in [9.17, 15) is 9.59 Å². The average Bonchev–Trinajstić information content (AvgIpc) is 2.42. The number of carbonyl (C=O) groups excluding carboxylic acids is 1. The number of aromatic nitrogens is 1. The van der Waals surface area contributed by atoms with Crippen molar-refractivity contribution in [2.75, 3.05) is 11.9 Å². The van der Waals surface area contributed by atoms with Crippen molar-refractivity contribution in [3.8, 4) is 5.88 Å². The van der Waals surface area contributed by atoms with Crippen LogP contribution in [0.5, 0.6) is 5.88 Å². The molecule has 24 heavy (non-hydrogen) atoms. The highest BCUT2D eigenvalue weighted by atomic mass is 35.5. The zero-order valence-corrected chi connectivity index (χ0v) is 14.8. The largest absolute Gasteiger partial charge is 0.479 e. The number of amides is 1. The second-order valence-corrected chi connectivity index (χ2v) is 6.58. The van der Waals surface area contributed by atoms with Gasteiger partial charge in [0.1, 0.15) is 11.6 Å². The highest BCUT2D eigenvalue weighted by Crippen LogP contribution is 2.36. The zero-order valence-electron chi connectivity index (χ0n) is 13.3. The summed E-state index contributed by atoms with van der Waals surface area (Å²) in [5, 5.41) is 12.0. The summed E-state index contributed by atoms with van der Waals surface area (Å²) < 4.78 is 10.7. The van der Waals surface area contributed by atoms with Gasteiger partial charge in [-0.05, 0) is 39.2 Å². The lowest BCUT2D eigenvalue weighted by atomic mass is 9.80. The van der Waals surface area contributed by atoms with Gasteiger partial charge >= 0.3 is 5.97 Å². The number of nitrogens with one attached hydrogen (secondary N) is 1. The minimum Gasteiger partial charge on any atom is -0.479 e. The van der Waals surface area contributed by atoms with E-state index in [1.54, 1.807) is 0 Å². The number of ether oxygens (including phenoxy) is 2. The van der Waals surface area contributed by atoms with Crippen LogP contribution in [-0.2, 0) is 14.3 Å². The van der Waals surface area contributed by atoms with Gasteiger partial charge in [-0.25, -0.2) is 4.79 Å². The first-order valence-electron chi connectivity index (χ1n) is 7.43. The van der Waals surface area contributed by atoms with Crippen LogP contribution < -0.4 is 10.1 Å². The highest BCUT2D eigenvalue weighted by Gasteiger charge is 2.46. The van der Waals surface area contributed by atoms with E-state index in [-0.39, 0.29) is 27.8 Å². The van der Waals surface area contributed by atoms with Crippen molar-refractivity contribution in [1.29, 1.82) is 0 Å². The predicted molar refractivity (Wildman–Crippen MR) is 88.8 cm³/mol. The van der Waals surface area contributed by atoms with Gasteiger partial charge in [-0.2, -0.15) is 4.98 Å². The molecule has 0 aromatic carbocycles. The Morgan fingerprint density at radius 3 is 2.54 bits per heavy atom. The Balaban J connectivity index is 2.02. The molecule has 7 nitrogen and oxygen atoms in total. The Kier molecular flexibility index (Phi) is 5.90. The summed E-state index contributed by atoms with van der Waals surface area (Å²) >= 11 is 12.0. The van der Waals surface area contributed by atoms with Gasteiger partial charge in [-0.15, -0.1) is 0 Å². The third-order valence-electron chi connectivity index (χ3n) is 3.53. The van der Waals surface area contributed by atoms with Crippen LogP contribution in [0.15, 0.2) is 6.07 Å². The highest BCUT2D eigenvalue weighted by molar-refractivity contribution is 6.37. The molecule has 132 valence electrons. The number of carbonyl (C=O) groups is 2. The van der Waals surface area contributed by atoms with Gasteiger partial charge in [-0.3, -0.25) is 4.79 Å². The average molecular weight is 377 g/mol. The van der Waals surface area contributed by atoms with Gasteiger partial charge in [0, 0.05) is 0 Å². The van der Waals surface area contributed by atoms with E-state index in [1.165, 1.54) is 6.07 Å². The number of carboxylic acids is 1. The monoisotopic (exact) mass is 376 g/mol. The number of hydrogen-bond donors (Lipinski definition) is 2. The second-order valence-electron chi connectivity index (χ2n) is 5.76. The molecular weight excluding hydrogens is 359 g/mol. The molecule has 0 atom stereocenters. The first-order chi connectivity index (χ1) is 11.2. The van der Waals surface area contributed by atoms with Gasteiger partial charge in [-0.1, -0.05) is 23.2 Å². The topological polar surface area (TPSA) is 97.8 Å². The lowest BCUT2D eigenvalue weighted by molar-refractivity contribution is -0.179. The first-order valence-corrected chi connectivity index (χ1v) is 8.19. The Hall–Kier alpha value is -1.57. The maximum absolute atomic E-state index is 12.0. The van der Waals surface area contributed by atoms with E-state index in [2.05, 4.69) is 10.3 Å². The fourth-order valence-electron chi connectivity index (χ4n) is 2.13. The van der Waals surface area contributed by atoms with Crippen LogP contribution in [0.2, 0.25) is 10.0 Å². The Bertz CT molecular complexity index is 647. The molecule has 2 rings (SSSR count). The van der Waals surface area contributed by atoms with Crippen molar-refractivity contribution < 1.29 is 24.2 Å².